The summed E-state index contributed by atoms with van der Waals surface area (Å²) in [5.41, 5.74) is 1.05. The van der Waals surface area contributed by atoms with Crippen molar-refractivity contribution in [3.8, 4) is 0 Å². The molecule has 0 saturated carbocycles. The molecular formula is C18H17ClN4O. The highest BCUT2D eigenvalue weighted by atomic mass is 35.5. The van der Waals surface area contributed by atoms with Crippen molar-refractivity contribution >= 4 is 17.5 Å². The average molecular weight is 341 g/mol. The van der Waals surface area contributed by atoms with Crippen LogP contribution in [0.1, 0.15) is 29.6 Å². The number of hydrogen-bond acceptors (Lipinski definition) is 5. The highest BCUT2D eigenvalue weighted by molar-refractivity contribution is 6.31. The van der Waals surface area contributed by atoms with Crippen LogP contribution in [0.5, 0.6) is 0 Å². The summed E-state index contributed by atoms with van der Waals surface area (Å²) < 4.78 is 5.97. The van der Waals surface area contributed by atoms with E-state index in [0.29, 0.717) is 6.42 Å². The van der Waals surface area contributed by atoms with E-state index in [4.69, 9.17) is 16.0 Å². The van der Waals surface area contributed by atoms with E-state index in [1.54, 1.807) is 18.6 Å². The number of nitrogens with zero attached hydrogens (tertiary/aromatic N) is 4. The number of rotatable bonds is 4. The maximum atomic E-state index is 6.21. The second-order valence-electron chi connectivity index (χ2n) is 5.91. The first-order valence-electron chi connectivity index (χ1n) is 7.99. The molecule has 0 amide bonds. The van der Waals surface area contributed by atoms with E-state index < -0.39 is 0 Å². The van der Waals surface area contributed by atoms with Gasteiger partial charge in [-0.15, -0.1) is 0 Å². The van der Waals surface area contributed by atoms with Crippen molar-refractivity contribution in [2.45, 2.75) is 18.8 Å². The summed E-state index contributed by atoms with van der Waals surface area (Å²) in [5, 5.41) is 0.753. The number of benzene rings is 1. The minimum absolute atomic E-state index is 0.272. The lowest BCUT2D eigenvalue weighted by Gasteiger charge is -2.14. The van der Waals surface area contributed by atoms with Crippen LogP contribution in [0.25, 0.3) is 0 Å². The monoisotopic (exact) mass is 340 g/mol. The Bertz CT molecular complexity index is 821. The first kappa shape index (κ1) is 15.1. The van der Waals surface area contributed by atoms with Gasteiger partial charge in [-0.05, 0) is 24.1 Å². The molecule has 3 aromatic rings. The maximum absolute atomic E-state index is 6.21. The quantitative estimate of drug-likeness (QED) is 0.724. The molecule has 1 unspecified atom stereocenters. The number of halogens is 1. The Morgan fingerprint density at radius 2 is 1.96 bits per heavy atom. The van der Waals surface area contributed by atoms with Crippen molar-refractivity contribution in [2.75, 3.05) is 18.0 Å². The largest absolute Gasteiger partial charge is 0.445 e. The summed E-state index contributed by atoms with van der Waals surface area (Å²) in [6.07, 6.45) is 6.99. The molecule has 0 spiro atoms. The zero-order chi connectivity index (χ0) is 16.4. The van der Waals surface area contributed by atoms with Crippen LogP contribution in [0.2, 0.25) is 5.02 Å². The zero-order valence-electron chi connectivity index (χ0n) is 13.1. The van der Waals surface area contributed by atoms with Gasteiger partial charge in [0.1, 0.15) is 5.76 Å². The fourth-order valence-corrected chi connectivity index (χ4v) is 3.22. The summed E-state index contributed by atoms with van der Waals surface area (Å²) >= 11 is 6.21. The molecule has 0 bridgehead atoms. The van der Waals surface area contributed by atoms with Gasteiger partial charge in [-0.25, -0.2) is 15.0 Å². The molecule has 2 aromatic heterocycles. The van der Waals surface area contributed by atoms with Gasteiger partial charge in [0.05, 0.1) is 12.1 Å². The number of hydrogen-bond donors (Lipinski definition) is 0. The van der Waals surface area contributed by atoms with Gasteiger partial charge in [-0.1, -0.05) is 29.8 Å². The van der Waals surface area contributed by atoms with E-state index in [1.165, 1.54) is 0 Å². The minimum Gasteiger partial charge on any atom is -0.445 e. The third-order valence-electron chi connectivity index (χ3n) is 4.27. The highest BCUT2D eigenvalue weighted by Crippen LogP contribution is 2.29. The molecule has 1 aliphatic rings. The molecule has 4 rings (SSSR count). The summed E-state index contributed by atoms with van der Waals surface area (Å²) in [7, 11) is 0. The van der Waals surface area contributed by atoms with E-state index in [9.17, 15) is 0 Å². The van der Waals surface area contributed by atoms with E-state index in [2.05, 4.69) is 19.9 Å². The lowest BCUT2D eigenvalue weighted by atomic mass is 10.1. The molecule has 1 aliphatic heterocycles. The molecule has 6 heteroatoms. The molecule has 1 fully saturated rings. The van der Waals surface area contributed by atoms with Gasteiger partial charge >= 0.3 is 0 Å². The normalized spacial score (nSPS) is 17.4. The molecule has 3 heterocycles. The Morgan fingerprint density at radius 3 is 2.79 bits per heavy atom. The minimum atomic E-state index is 0.272. The fraction of sp³-hybridized carbons (Fsp3) is 0.278. The van der Waals surface area contributed by atoms with Crippen molar-refractivity contribution in [3.05, 3.63) is 71.2 Å². The third-order valence-corrected chi connectivity index (χ3v) is 4.64. The van der Waals surface area contributed by atoms with Crippen molar-refractivity contribution in [1.82, 2.24) is 15.0 Å². The van der Waals surface area contributed by atoms with Gasteiger partial charge in [-0.2, -0.15) is 0 Å². The Hall–Kier alpha value is -2.40. The summed E-state index contributed by atoms with van der Waals surface area (Å²) in [5.74, 6) is 2.67. The van der Waals surface area contributed by atoms with Crippen LogP contribution in [-0.4, -0.2) is 28.0 Å². The second kappa shape index (κ2) is 6.61. The van der Waals surface area contributed by atoms with Gasteiger partial charge in [0.15, 0.2) is 5.89 Å². The van der Waals surface area contributed by atoms with Crippen LogP contribution in [0, 0.1) is 0 Å². The molecule has 122 valence electrons. The van der Waals surface area contributed by atoms with Crippen molar-refractivity contribution in [3.63, 3.8) is 0 Å². The standard InChI is InChI=1S/C18H17ClN4O/c19-16-5-2-1-4-13(16)10-15-11-22-17(24-15)14-6-9-23(12-14)18-20-7-3-8-21-18/h1-5,7-8,11,14H,6,9-10,12H2. The lowest BCUT2D eigenvalue weighted by molar-refractivity contribution is 0.433. The molecule has 0 radical (unpaired) electrons. The fourth-order valence-electron chi connectivity index (χ4n) is 3.02. The maximum Gasteiger partial charge on any atom is 0.225 e. The lowest BCUT2D eigenvalue weighted by Crippen LogP contribution is -2.21. The molecule has 1 aromatic carbocycles. The SMILES string of the molecule is Clc1ccccc1Cc1cnc(C2CCN(c3ncccn3)C2)o1. The molecule has 0 aliphatic carbocycles. The summed E-state index contributed by atoms with van der Waals surface area (Å²) in [6.45, 7) is 1.74. The average Bonchev–Trinajstić information content (AvgIpc) is 3.27. The van der Waals surface area contributed by atoms with Gasteiger partial charge in [0.2, 0.25) is 5.95 Å². The molecule has 1 saturated heterocycles. The number of aromatic nitrogens is 3. The van der Waals surface area contributed by atoms with Crippen molar-refractivity contribution < 1.29 is 4.42 Å². The Balaban J connectivity index is 1.45. The highest BCUT2D eigenvalue weighted by Gasteiger charge is 2.28. The molecule has 0 N–H and O–H groups in total. The third kappa shape index (κ3) is 3.12. The van der Waals surface area contributed by atoms with E-state index >= 15 is 0 Å². The van der Waals surface area contributed by atoms with Gasteiger partial charge in [-0.3, -0.25) is 0 Å². The van der Waals surface area contributed by atoms with Crippen LogP contribution in [0.4, 0.5) is 5.95 Å². The van der Waals surface area contributed by atoms with Gasteiger partial charge in [0, 0.05) is 36.9 Å². The molecule has 24 heavy (non-hydrogen) atoms. The zero-order valence-corrected chi connectivity index (χ0v) is 13.9. The van der Waals surface area contributed by atoms with Crippen LogP contribution in [-0.2, 0) is 6.42 Å². The summed E-state index contributed by atoms with van der Waals surface area (Å²) in [6, 6.07) is 9.63. The van der Waals surface area contributed by atoms with Crippen LogP contribution < -0.4 is 4.90 Å². The number of anilines is 1. The summed E-state index contributed by atoms with van der Waals surface area (Å²) in [4.78, 5) is 15.3. The predicted octanol–water partition coefficient (Wildman–Crippen LogP) is 3.70. The van der Waals surface area contributed by atoms with E-state index in [0.717, 1.165) is 47.7 Å². The Morgan fingerprint density at radius 1 is 1.12 bits per heavy atom. The smallest absolute Gasteiger partial charge is 0.225 e. The second-order valence-corrected chi connectivity index (χ2v) is 6.32. The predicted molar refractivity (Wildman–Crippen MR) is 92.4 cm³/mol. The topological polar surface area (TPSA) is 55.1 Å². The van der Waals surface area contributed by atoms with Gasteiger partial charge in [0.25, 0.3) is 0 Å². The van der Waals surface area contributed by atoms with Crippen molar-refractivity contribution in [1.29, 1.82) is 0 Å². The van der Waals surface area contributed by atoms with E-state index in [1.807, 2.05) is 30.3 Å². The number of oxazole rings is 1. The van der Waals surface area contributed by atoms with Crippen LogP contribution in [0.3, 0.4) is 0 Å². The molecule has 1 atom stereocenters. The first-order valence-corrected chi connectivity index (χ1v) is 8.37. The Labute approximate surface area is 145 Å². The Kier molecular flexibility index (Phi) is 4.17. The van der Waals surface area contributed by atoms with Gasteiger partial charge < -0.3 is 9.32 Å². The van der Waals surface area contributed by atoms with Crippen molar-refractivity contribution in [2.24, 2.45) is 0 Å². The van der Waals surface area contributed by atoms with E-state index in [-0.39, 0.29) is 5.92 Å². The molecule has 5 nitrogen and oxygen atoms in total. The first-order chi connectivity index (χ1) is 11.8. The molecular weight excluding hydrogens is 324 g/mol. The van der Waals surface area contributed by atoms with Crippen LogP contribution >= 0.6 is 11.6 Å². The van der Waals surface area contributed by atoms with Crippen LogP contribution in [0.15, 0.2) is 53.3 Å².